The molecule has 22 heavy (non-hydrogen) atoms. The van der Waals surface area contributed by atoms with Crippen LogP contribution in [0.5, 0.6) is 0 Å². The molecule has 0 unspecified atom stereocenters. The van der Waals surface area contributed by atoms with Gasteiger partial charge in [-0.25, -0.2) is 4.68 Å². The third-order valence-corrected chi connectivity index (χ3v) is 3.75. The van der Waals surface area contributed by atoms with E-state index in [1.165, 1.54) is 0 Å². The number of Topliss-reactive ketones (excluding diaryl/α,β-unsaturated/α-hetero) is 1. The first-order valence-corrected chi connectivity index (χ1v) is 6.99. The summed E-state index contributed by atoms with van der Waals surface area (Å²) in [7, 11) is 0. The quantitative estimate of drug-likeness (QED) is 0.695. The number of aryl methyl sites for hydroxylation is 2. The number of nitrogens with zero attached hydrogens (tertiary/aromatic N) is 3. The zero-order valence-electron chi connectivity index (χ0n) is 12.4. The van der Waals surface area contributed by atoms with Crippen molar-refractivity contribution >= 4 is 16.7 Å². The number of benzene rings is 2. The Hall–Kier alpha value is -2.82. The van der Waals surface area contributed by atoms with E-state index in [1.807, 2.05) is 26.0 Å². The molecule has 0 radical (unpaired) electrons. The van der Waals surface area contributed by atoms with Crippen LogP contribution in [0.3, 0.4) is 0 Å². The minimum atomic E-state index is -0.303. The second-order valence-electron chi connectivity index (χ2n) is 5.29. The molecule has 2 aromatic carbocycles. The van der Waals surface area contributed by atoms with Crippen LogP contribution in [0.1, 0.15) is 21.5 Å². The Morgan fingerprint density at radius 2 is 1.86 bits per heavy atom. The van der Waals surface area contributed by atoms with Gasteiger partial charge in [0.1, 0.15) is 12.1 Å². The van der Waals surface area contributed by atoms with Crippen molar-refractivity contribution in [2.45, 2.75) is 20.4 Å². The minimum absolute atomic E-state index is 0.112. The number of hydrogen-bond donors (Lipinski definition) is 0. The zero-order valence-corrected chi connectivity index (χ0v) is 12.4. The Balaban J connectivity index is 1.96. The van der Waals surface area contributed by atoms with E-state index in [4.69, 9.17) is 0 Å². The lowest BCUT2D eigenvalue weighted by Crippen LogP contribution is -2.27. The maximum atomic E-state index is 12.3. The highest BCUT2D eigenvalue weighted by atomic mass is 16.1. The number of carbonyl (C=O) groups excluding carboxylic acids is 1. The predicted molar refractivity (Wildman–Crippen MR) is 84.0 cm³/mol. The Morgan fingerprint density at radius 1 is 1.09 bits per heavy atom. The predicted octanol–water partition coefficient (Wildman–Crippen LogP) is 2.29. The molecule has 0 saturated carbocycles. The second kappa shape index (κ2) is 5.52. The molecule has 5 nitrogen and oxygen atoms in total. The molecule has 3 aromatic rings. The van der Waals surface area contributed by atoms with Gasteiger partial charge in [0.05, 0.1) is 5.39 Å². The average Bonchev–Trinajstić information content (AvgIpc) is 2.53. The van der Waals surface area contributed by atoms with Crippen LogP contribution >= 0.6 is 0 Å². The highest BCUT2D eigenvalue weighted by Gasteiger charge is 2.11. The van der Waals surface area contributed by atoms with E-state index in [0.29, 0.717) is 16.5 Å². The van der Waals surface area contributed by atoms with Crippen LogP contribution < -0.4 is 5.56 Å². The van der Waals surface area contributed by atoms with Crippen LogP contribution in [0.15, 0.2) is 47.3 Å². The maximum Gasteiger partial charge on any atom is 0.278 e. The Morgan fingerprint density at radius 3 is 2.64 bits per heavy atom. The second-order valence-corrected chi connectivity index (χ2v) is 5.29. The van der Waals surface area contributed by atoms with Gasteiger partial charge in [-0.3, -0.25) is 9.59 Å². The van der Waals surface area contributed by atoms with Gasteiger partial charge in [-0.15, -0.1) is 5.10 Å². The van der Waals surface area contributed by atoms with Gasteiger partial charge in [-0.05, 0) is 43.2 Å². The van der Waals surface area contributed by atoms with E-state index in [9.17, 15) is 9.59 Å². The van der Waals surface area contributed by atoms with Crippen LogP contribution in [0.25, 0.3) is 10.9 Å². The van der Waals surface area contributed by atoms with E-state index in [2.05, 4.69) is 10.3 Å². The van der Waals surface area contributed by atoms with E-state index < -0.39 is 0 Å². The van der Waals surface area contributed by atoms with Crippen molar-refractivity contribution in [2.75, 3.05) is 0 Å². The van der Waals surface area contributed by atoms with Gasteiger partial charge in [-0.2, -0.15) is 0 Å². The molecular formula is C17H15N3O2. The fourth-order valence-electron chi connectivity index (χ4n) is 2.27. The Labute approximate surface area is 127 Å². The Kier molecular flexibility index (Phi) is 3.55. The molecule has 0 aliphatic carbocycles. The first-order valence-electron chi connectivity index (χ1n) is 6.99. The SMILES string of the molecule is Cc1ccc(C(=O)Cn2nnc3ccccc3c2=O)cc1C. The van der Waals surface area contributed by atoms with Crippen molar-refractivity contribution in [1.29, 1.82) is 0 Å². The molecule has 1 heterocycles. The average molecular weight is 293 g/mol. The van der Waals surface area contributed by atoms with Crippen molar-refractivity contribution in [3.05, 3.63) is 69.5 Å². The summed E-state index contributed by atoms with van der Waals surface area (Å²) in [6.45, 7) is 3.83. The normalized spacial score (nSPS) is 10.8. The number of hydrogen-bond acceptors (Lipinski definition) is 4. The summed E-state index contributed by atoms with van der Waals surface area (Å²) in [4.78, 5) is 24.7. The van der Waals surface area contributed by atoms with Crippen LogP contribution in [-0.4, -0.2) is 20.8 Å². The molecule has 0 N–H and O–H groups in total. The summed E-state index contributed by atoms with van der Waals surface area (Å²) in [5.74, 6) is -0.158. The first-order chi connectivity index (χ1) is 10.6. The lowest BCUT2D eigenvalue weighted by Gasteiger charge is -2.06. The van der Waals surface area contributed by atoms with Gasteiger partial charge in [0.15, 0.2) is 5.78 Å². The summed E-state index contributed by atoms with van der Waals surface area (Å²) >= 11 is 0. The van der Waals surface area contributed by atoms with Gasteiger partial charge in [0.2, 0.25) is 0 Å². The third kappa shape index (κ3) is 2.53. The molecule has 110 valence electrons. The van der Waals surface area contributed by atoms with Crippen LogP contribution in [-0.2, 0) is 6.54 Å². The molecule has 1 aromatic heterocycles. The summed E-state index contributed by atoms with van der Waals surface area (Å²) in [6.07, 6.45) is 0. The van der Waals surface area contributed by atoms with Crippen LogP contribution in [0, 0.1) is 13.8 Å². The number of fused-ring (bicyclic) bond motifs is 1. The van der Waals surface area contributed by atoms with Gasteiger partial charge in [-0.1, -0.05) is 29.5 Å². The van der Waals surface area contributed by atoms with E-state index in [1.54, 1.807) is 30.3 Å². The molecule has 0 aliphatic heterocycles. The summed E-state index contributed by atoms with van der Waals surface area (Å²) in [6, 6.07) is 12.5. The van der Waals surface area contributed by atoms with Crippen molar-refractivity contribution < 1.29 is 4.79 Å². The fourth-order valence-corrected chi connectivity index (χ4v) is 2.27. The lowest BCUT2D eigenvalue weighted by atomic mass is 10.0. The summed E-state index contributed by atoms with van der Waals surface area (Å²) in [5.41, 5.74) is 2.97. The molecule has 3 rings (SSSR count). The molecule has 5 heteroatoms. The van der Waals surface area contributed by atoms with Crippen molar-refractivity contribution in [3.8, 4) is 0 Å². The minimum Gasteiger partial charge on any atom is -0.292 e. The zero-order chi connectivity index (χ0) is 15.7. The molecule has 0 saturated heterocycles. The van der Waals surface area contributed by atoms with Crippen molar-refractivity contribution in [1.82, 2.24) is 15.0 Å². The number of rotatable bonds is 3. The molecule has 0 bridgehead atoms. The highest BCUT2D eigenvalue weighted by Crippen LogP contribution is 2.11. The van der Waals surface area contributed by atoms with Gasteiger partial charge >= 0.3 is 0 Å². The molecular weight excluding hydrogens is 278 g/mol. The first kappa shape index (κ1) is 14.1. The standard InChI is InChI=1S/C17H15N3O2/c1-11-7-8-13(9-12(11)2)16(21)10-20-17(22)14-5-3-4-6-15(14)18-19-20/h3-9H,10H2,1-2H3. The molecule has 0 aliphatic rings. The number of ketones is 1. The topological polar surface area (TPSA) is 64.8 Å². The van der Waals surface area contributed by atoms with E-state index >= 15 is 0 Å². The largest absolute Gasteiger partial charge is 0.292 e. The van der Waals surface area contributed by atoms with Gasteiger partial charge < -0.3 is 0 Å². The van der Waals surface area contributed by atoms with E-state index in [0.717, 1.165) is 15.8 Å². The van der Waals surface area contributed by atoms with Gasteiger partial charge in [0.25, 0.3) is 5.56 Å². The maximum absolute atomic E-state index is 12.3. The Bertz CT molecular complexity index is 929. The smallest absolute Gasteiger partial charge is 0.278 e. The van der Waals surface area contributed by atoms with Crippen LogP contribution in [0.4, 0.5) is 0 Å². The number of aromatic nitrogens is 3. The molecule has 0 spiro atoms. The molecule has 0 atom stereocenters. The number of carbonyl (C=O) groups is 1. The van der Waals surface area contributed by atoms with Crippen molar-refractivity contribution in [2.24, 2.45) is 0 Å². The molecule has 0 amide bonds. The van der Waals surface area contributed by atoms with Gasteiger partial charge in [0, 0.05) is 5.56 Å². The monoisotopic (exact) mass is 293 g/mol. The van der Waals surface area contributed by atoms with E-state index in [-0.39, 0.29) is 17.9 Å². The lowest BCUT2D eigenvalue weighted by molar-refractivity contribution is 0.0964. The van der Waals surface area contributed by atoms with Crippen molar-refractivity contribution in [3.63, 3.8) is 0 Å². The highest BCUT2D eigenvalue weighted by molar-refractivity contribution is 5.96. The fraction of sp³-hybridized carbons (Fsp3) is 0.176. The third-order valence-electron chi connectivity index (χ3n) is 3.75. The summed E-state index contributed by atoms with van der Waals surface area (Å²) < 4.78 is 1.11. The summed E-state index contributed by atoms with van der Waals surface area (Å²) in [5, 5.41) is 8.29. The molecule has 0 fully saturated rings. The van der Waals surface area contributed by atoms with Crippen LogP contribution in [0.2, 0.25) is 0 Å².